The van der Waals surface area contributed by atoms with Crippen LogP contribution in [0.3, 0.4) is 0 Å². The molecule has 3 aliphatic carbocycles. The molecule has 1 aromatic rings. The van der Waals surface area contributed by atoms with Crippen LogP contribution in [0.4, 0.5) is 0 Å². The maximum Gasteiger partial charge on any atom is 0.343 e. The lowest BCUT2D eigenvalue weighted by Crippen LogP contribution is -2.47. The van der Waals surface area contributed by atoms with Crippen molar-refractivity contribution in [3.8, 4) is 0 Å². The van der Waals surface area contributed by atoms with Gasteiger partial charge >= 0.3 is 5.97 Å². The number of aliphatic hydroxyl groups is 1. The molecule has 3 unspecified atom stereocenters. The Labute approximate surface area is 180 Å². The fourth-order valence-electron chi connectivity index (χ4n) is 6.79. The van der Waals surface area contributed by atoms with Crippen LogP contribution in [0.1, 0.15) is 81.8 Å². The van der Waals surface area contributed by atoms with E-state index in [0.29, 0.717) is 11.8 Å². The molecule has 4 fully saturated rings. The molecule has 4 aliphatic rings. The molecule has 4 atom stereocenters. The van der Waals surface area contributed by atoms with Crippen LogP contribution in [-0.2, 0) is 21.6 Å². The third-order valence-electron chi connectivity index (χ3n) is 8.51. The number of rotatable bonds is 6. The van der Waals surface area contributed by atoms with Crippen molar-refractivity contribution in [1.82, 2.24) is 5.32 Å². The summed E-state index contributed by atoms with van der Waals surface area (Å²) < 4.78 is 6.12. The van der Waals surface area contributed by atoms with Gasteiger partial charge in [0, 0.05) is 24.4 Å². The molecular formula is C26H37NO3. The van der Waals surface area contributed by atoms with Crippen LogP contribution in [0.25, 0.3) is 0 Å². The molecule has 0 aromatic heterocycles. The molecule has 3 saturated carbocycles. The van der Waals surface area contributed by atoms with Gasteiger partial charge in [0.25, 0.3) is 0 Å². The largest absolute Gasteiger partial charge is 0.458 e. The van der Waals surface area contributed by atoms with Gasteiger partial charge in [0.05, 0.1) is 0 Å². The normalized spacial score (nSPS) is 31.7. The summed E-state index contributed by atoms with van der Waals surface area (Å²) in [6.07, 6.45) is 13.5. The first-order valence-electron chi connectivity index (χ1n) is 12.4. The van der Waals surface area contributed by atoms with Gasteiger partial charge < -0.3 is 15.2 Å². The Kier molecular flexibility index (Phi) is 5.90. The van der Waals surface area contributed by atoms with Crippen molar-refractivity contribution in [2.75, 3.05) is 6.54 Å². The van der Waals surface area contributed by atoms with Gasteiger partial charge in [-0.15, -0.1) is 0 Å². The molecule has 2 bridgehead atoms. The molecule has 4 heteroatoms. The summed E-state index contributed by atoms with van der Waals surface area (Å²) in [4.78, 5) is 13.7. The molecule has 0 spiro atoms. The minimum atomic E-state index is -1.51. The second-order valence-corrected chi connectivity index (χ2v) is 10.3. The number of hydrogen-bond acceptors (Lipinski definition) is 4. The summed E-state index contributed by atoms with van der Waals surface area (Å²) in [6.45, 7) is 0.933. The molecule has 30 heavy (non-hydrogen) atoms. The van der Waals surface area contributed by atoms with Gasteiger partial charge in [-0.2, -0.15) is 0 Å². The van der Waals surface area contributed by atoms with E-state index in [1.165, 1.54) is 32.1 Å². The number of hydrogen-bond donors (Lipinski definition) is 2. The maximum absolute atomic E-state index is 13.7. The van der Waals surface area contributed by atoms with Crippen molar-refractivity contribution in [3.63, 3.8) is 0 Å². The Hall–Kier alpha value is -1.39. The molecule has 4 nitrogen and oxygen atoms in total. The zero-order valence-electron chi connectivity index (χ0n) is 18.2. The Morgan fingerprint density at radius 2 is 1.73 bits per heavy atom. The highest BCUT2D eigenvalue weighted by Crippen LogP contribution is 2.45. The maximum atomic E-state index is 13.7. The first-order valence-corrected chi connectivity index (χ1v) is 12.4. The van der Waals surface area contributed by atoms with Crippen molar-refractivity contribution < 1.29 is 14.6 Å². The van der Waals surface area contributed by atoms with E-state index in [1.54, 1.807) is 0 Å². The van der Waals surface area contributed by atoms with Gasteiger partial charge in [-0.1, -0.05) is 69.2 Å². The van der Waals surface area contributed by atoms with Gasteiger partial charge in [-0.05, 0) is 49.1 Å². The minimum Gasteiger partial charge on any atom is -0.458 e. The molecule has 1 saturated heterocycles. The van der Waals surface area contributed by atoms with E-state index in [-0.39, 0.29) is 18.1 Å². The van der Waals surface area contributed by atoms with E-state index in [0.717, 1.165) is 62.6 Å². The average molecular weight is 412 g/mol. The monoisotopic (exact) mass is 411 g/mol. The first-order chi connectivity index (χ1) is 14.7. The molecule has 2 N–H and O–H groups in total. The first kappa shape index (κ1) is 20.5. The highest BCUT2D eigenvalue weighted by molar-refractivity contribution is 5.82. The number of fused-ring (bicyclic) bond motifs is 2. The van der Waals surface area contributed by atoms with Crippen LogP contribution in [0, 0.1) is 17.8 Å². The van der Waals surface area contributed by atoms with E-state index in [4.69, 9.17) is 4.74 Å². The Balaban J connectivity index is 1.44. The summed E-state index contributed by atoms with van der Waals surface area (Å²) in [5.41, 5.74) is 0.470. The number of carbonyl (C=O) groups is 1. The number of nitrogens with one attached hydrogen (secondary N) is 1. The average Bonchev–Trinajstić information content (AvgIpc) is 3.53. The summed E-state index contributed by atoms with van der Waals surface area (Å²) >= 11 is 0. The van der Waals surface area contributed by atoms with Crippen molar-refractivity contribution in [2.45, 2.75) is 94.8 Å². The van der Waals surface area contributed by atoms with Gasteiger partial charge in [0.1, 0.15) is 6.10 Å². The predicted octanol–water partition coefficient (Wildman–Crippen LogP) is 4.48. The second-order valence-electron chi connectivity index (χ2n) is 10.3. The third kappa shape index (κ3) is 3.71. The predicted molar refractivity (Wildman–Crippen MR) is 117 cm³/mol. The van der Waals surface area contributed by atoms with E-state index in [2.05, 4.69) is 17.4 Å². The Morgan fingerprint density at radius 3 is 2.40 bits per heavy atom. The van der Waals surface area contributed by atoms with Crippen LogP contribution in [0.2, 0.25) is 0 Å². The van der Waals surface area contributed by atoms with Crippen LogP contribution in [-0.4, -0.2) is 29.8 Å². The number of benzene rings is 1. The number of piperidine rings is 1. The molecule has 1 aliphatic heterocycles. The second kappa shape index (κ2) is 8.63. The summed E-state index contributed by atoms with van der Waals surface area (Å²) in [5.74, 6) is 0.642. The smallest absolute Gasteiger partial charge is 0.343 e. The van der Waals surface area contributed by atoms with Crippen LogP contribution in [0.15, 0.2) is 24.3 Å². The minimum absolute atomic E-state index is 0.0375. The SMILES string of the molecule is O=C(OC1C2CC[C@@H]1NC2)C(O)(c1ccccc1CC1CCCCC1)C1CCCC1. The lowest BCUT2D eigenvalue weighted by molar-refractivity contribution is -0.180. The molecule has 164 valence electrons. The molecule has 1 aromatic carbocycles. The fourth-order valence-corrected chi connectivity index (χ4v) is 6.79. The highest BCUT2D eigenvalue weighted by atomic mass is 16.6. The van der Waals surface area contributed by atoms with E-state index < -0.39 is 11.6 Å². The van der Waals surface area contributed by atoms with Gasteiger partial charge in [0.15, 0.2) is 5.60 Å². The highest BCUT2D eigenvalue weighted by Gasteiger charge is 2.52. The van der Waals surface area contributed by atoms with Crippen LogP contribution < -0.4 is 5.32 Å². The van der Waals surface area contributed by atoms with Crippen molar-refractivity contribution >= 4 is 5.97 Å². The topological polar surface area (TPSA) is 58.6 Å². The molecule has 5 rings (SSSR count). The van der Waals surface area contributed by atoms with Gasteiger partial charge in [-0.25, -0.2) is 4.79 Å². The standard InChI is InChI=1S/C26H37NO3/c28-25(30-24-20-14-15-23(24)27-17-20)26(29,21-11-5-6-12-21)22-13-7-4-10-19(22)16-18-8-2-1-3-9-18/h4,7,10,13,18,20-21,23-24,27,29H,1-3,5-6,8-9,11-12,14-17H2/t20?,23-,24?,26?/m0/s1. The zero-order chi connectivity index (χ0) is 20.6. The summed E-state index contributed by atoms with van der Waals surface area (Å²) in [6, 6.07) is 8.44. The molecule has 0 radical (unpaired) electrons. The number of esters is 1. The van der Waals surface area contributed by atoms with Crippen LogP contribution in [0.5, 0.6) is 0 Å². The van der Waals surface area contributed by atoms with E-state index in [9.17, 15) is 9.90 Å². The molecular weight excluding hydrogens is 374 g/mol. The van der Waals surface area contributed by atoms with Gasteiger partial charge in [0.2, 0.25) is 0 Å². The fraction of sp³-hybridized carbons (Fsp3) is 0.731. The third-order valence-corrected chi connectivity index (χ3v) is 8.51. The Bertz CT molecular complexity index is 732. The zero-order valence-corrected chi connectivity index (χ0v) is 18.2. The number of ether oxygens (including phenoxy) is 1. The molecule has 1 heterocycles. The van der Waals surface area contributed by atoms with E-state index in [1.807, 2.05) is 12.1 Å². The molecule has 0 amide bonds. The summed E-state index contributed by atoms with van der Waals surface area (Å²) in [7, 11) is 0. The van der Waals surface area contributed by atoms with Crippen LogP contribution >= 0.6 is 0 Å². The quantitative estimate of drug-likeness (QED) is 0.678. The van der Waals surface area contributed by atoms with Gasteiger partial charge in [-0.3, -0.25) is 0 Å². The Morgan fingerprint density at radius 1 is 1.00 bits per heavy atom. The van der Waals surface area contributed by atoms with Crippen molar-refractivity contribution in [1.29, 1.82) is 0 Å². The van der Waals surface area contributed by atoms with Crippen molar-refractivity contribution in [2.24, 2.45) is 17.8 Å². The van der Waals surface area contributed by atoms with Crippen molar-refractivity contribution in [3.05, 3.63) is 35.4 Å². The summed E-state index contributed by atoms with van der Waals surface area (Å²) in [5, 5.41) is 15.6. The lowest BCUT2D eigenvalue weighted by Gasteiger charge is -2.36. The van der Waals surface area contributed by atoms with E-state index >= 15 is 0 Å². The number of carbonyl (C=O) groups excluding carboxylic acids is 1. The lowest BCUT2D eigenvalue weighted by atomic mass is 9.75.